The fraction of sp³-hybridized carbons (Fsp3) is 1.00. The van der Waals surface area contributed by atoms with Crippen molar-refractivity contribution >= 4 is 0 Å². The summed E-state index contributed by atoms with van der Waals surface area (Å²) in [4.78, 5) is 2.63. The van der Waals surface area contributed by atoms with Crippen LogP contribution in [0, 0.1) is 5.92 Å². The van der Waals surface area contributed by atoms with Gasteiger partial charge in [-0.25, -0.2) is 0 Å². The topological polar surface area (TPSA) is 38.5 Å². The van der Waals surface area contributed by atoms with Crippen LogP contribution in [-0.2, 0) is 4.74 Å². The molecule has 0 amide bonds. The molecule has 0 spiro atoms. The number of rotatable bonds is 4. The number of ether oxygens (including phenoxy) is 1. The Bertz CT molecular complexity index is 198. The highest BCUT2D eigenvalue weighted by molar-refractivity contribution is 4.92. The average molecular weight is 212 g/mol. The number of likely N-dealkylation sites (tertiary alicyclic amines) is 1. The minimum atomic E-state index is 0.445. The molecular formula is C12H24N2O. The van der Waals surface area contributed by atoms with Gasteiger partial charge < -0.3 is 10.5 Å². The second kappa shape index (κ2) is 5.28. The van der Waals surface area contributed by atoms with Gasteiger partial charge >= 0.3 is 0 Å². The van der Waals surface area contributed by atoms with E-state index < -0.39 is 0 Å². The SMILES string of the molecule is COCC(CN)N1CCCC2CCCC21. The summed E-state index contributed by atoms with van der Waals surface area (Å²) in [6.07, 6.45) is 7.01. The zero-order valence-corrected chi connectivity index (χ0v) is 9.82. The lowest BCUT2D eigenvalue weighted by atomic mass is 9.90. The van der Waals surface area contributed by atoms with Crippen LogP contribution < -0.4 is 5.73 Å². The molecule has 3 nitrogen and oxygen atoms in total. The second-order valence-electron chi connectivity index (χ2n) is 4.98. The van der Waals surface area contributed by atoms with Crippen LogP contribution in [0.2, 0.25) is 0 Å². The monoisotopic (exact) mass is 212 g/mol. The Hall–Kier alpha value is -0.120. The van der Waals surface area contributed by atoms with E-state index in [1.165, 1.54) is 38.6 Å². The molecule has 0 aromatic carbocycles. The van der Waals surface area contributed by atoms with Gasteiger partial charge in [0.25, 0.3) is 0 Å². The summed E-state index contributed by atoms with van der Waals surface area (Å²) in [7, 11) is 1.78. The number of fused-ring (bicyclic) bond motifs is 1. The molecule has 1 aliphatic carbocycles. The van der Waals surface area contributed by atoms with Crippen molar-refractivity contribution in [1.82, 2.24) is 4.90 Å². The predicted molar refractivity (Wildman–Crippen MR) is 61.8 cm³/mol. The minimum absolute atomic E-state index is 0.445. The van der Waals surface area contributed by atoms with E-state index in [0.717, 1.165) is 25.1 Å². The lowest BCUT2D eigenvalue weighted by Crippen LogP contribution is -2.52. The molecule has 1 saturated heterocycles. The Kier molecular flexibility index (Phi) is 4.00. The first kappa shape index (κ1) is 11.4. The maximum absolute atomic E-state index is 5.85. The van der Waals surface area contributed by atoms with E-state index in [0.29, 0.717) is 6.04 Å². The van der Waals surface area contributed by atoms with Gasteiger partial charge in [0.15, 0.2) is 0 Å². The van der Waals surface area contributed by atoms with Gasteiger partial charge in [-0.3, -0.25) is 4.90 Å². The van der Waals surface area contributed by atoms with E-state index in [-0.39, 0.29) is 0 Å². The number of nitrogens with zero attached hydrogens (tertiary/aromatic N) is 1. The quantitative estimate of drug-likeness (QED) is 0.761. The standard InChI is InChI=1S/C12H24N2O/c1-15-9-11(8-13)14-7-3-5-10-4-2-6-12(10)14/h10-12H,2-9,13H2,1H3. The van der Waals surface area contributed by atoms with Crippen molar-refractivity contribution < 1.29 is 4.74 Å². The normalized spacial score (nSPS) is 34.0. The summed E-state index contributed by atoms with van der Waals surface area (Å²) >= 11 is 0. The van der Waals surface area contributed by atoms with Crippen LogP contribution in [0.1, 0.15) is 32.1 Å². The van der Waals surface area contributed by atoms with E-state index in [9.17, 15) is 0 Å². The van der Waals surface area contributed by atoms with Gasteiger partial charge in [-0.2, -0.15) is 0 Å². The molecule has 0 radical (unpaired) electrons. The Morgan fingerprint density at radius 1 is 1.33 bits per heavy atom. The summed E-state index contributed by atoms with van der Waals surface area (Å²) in [6, 6.07) is 1.25. The fourth-order valence-corrected chi connectivity index (χ4v) is 3.44. The molecule has 2 rings (SSSR count). The molecule has 3 heteroatoms. The summed E-state index contributed by atoms with van der Waals surface area (Å²) in [5.74, 6) is 0.949. The summed E-state index contributed by atoms with van der Waals surface area (Å²) in [5, 5.41) is 0. The van der Waals surface area contributed by atoms with Gasteiger partial charge in [0.05, 0.1) is 6.61 Å². The van der Waals surface area contributed by atoms with Crippen molar-refractivity contribution in [3.05, 3.63) is 0 Å². The predicted octanol–water partition coefficient (Wildman–Crippen LogP) is 1.22. The smallest absolute Gasteiger partial charge is 0.0630 e. The molecule has 88 valence electrons. The van der Waals surface area contributed by atoms with Crippen molar-refractivity contribution in [1.29, 1.82) is 0 Å². The van der Waals surface area contributed by atoms with Gasteiger partial charge in [0, 0.05) is 25.7 Å². The highest BCUT2D eigenvalue weighted by Crippen LogP contribution is 2.37. The van der Waals surface area contributed by atoms with Gasteiger partial charge in [0.1, 0.15) is 0 Å². The molecule has 0 aromatic rings. The molecule has 2 N–H and O–H groups in total. The summed E-state index contributed by atoms with van der Waals surface area (Å²) in [6.45, 7) is 2.75. The lowest BCUT2D eigenvalue weighted by molar-refractivity contribution is 0.0281. The third-order valence-electron chi connectivity index (χ3n) is 4.14. The first-order chi connectivity index (χ1) is 7.36. The Morgan fingerprint density at radius 3 is 2.87 bits per heavy atom. The molecule has 3 unspecified atom stereocenters. The van der Waals surface area contributed by atoms with Gasteiger partial charge in [-0.05, 0) is 38.1 Å². The van der Waals surface area contributed by atoms with Crippen molar-refractivity contribution in [2.45, 2.75) is 44.2 Å². The van der Waals surface area contributed by atoms with E-state index in [1.807, 2.05) is 0 Å². The van der Waals surface area contributed by atoms with Crippen molar-refractivity contribution in [2.75, 3.05) is 26.8 Å². The van der Waals surface area contributed by atoms with Crippen molar-refractivity contribution in [3.63, 3.8) is 0 Å². The van der Waals surface area contributed by atoms with Crippen molar-refractivity contribution in [3.8, 4) is 0 Å². The second-order valence-corrected chi connectivity index (χ2v) is 4.98. The molecule has 2 fully saturated rings. The molecule has 0 aromatic heterocycles. The highest BCUT2D eigenvalue weighted by atomic mass is 16.5. The molecule has 1 aliphatic heterocycles. The first-order valence-electron chi connectivity index (χ1n) is 6.31. The number of piperidine rings is 1. The van der Waals surface area contributed by atoms with Gasteiger partial charge in [-0.15, -0.1) is 0 Å². The van der Waals surface area contributed by atoms with Crippen molar-refractivity contribution in [2.24, 2.45) is 11.7 Å². The molecule has 2 aliphatic rings. The van der Waals surface area contributed by atoms with E-state index in [1.54, 1.807) is 7.11 Å². The number of hydrogen-bond donors (Lipinski definition) is 1. The molecule has 15 heavy (non-hydrogen) atoms. The van der Waals surface area contributed by atoms with E-state index >= 15 is 0 Å². The fourth-order valence-electron chi connectivity index (χ4n) is 3.44. The van der Waals surface area contributed by atoms with Crippen LogP contribution >= 0.6 is 0 Å². The molecule has 3 atom stereocenters. The molecular weight excluding hydrogens is 188 g/mol. The van der Waals surface area contributed by atoms with Crippen LogP contribution in [0.15, 0.2) is 0 Å². The minimum Gasteiger partial charge on any atom is -0.383 e. The number of methoxy groups -OCH3 is 1. The third kappa shape index (κ3) is 2.35. The maximum atomic E-state index is 5.85. The number of nitrogens with two attached hydrogens (primary N) is 1. The first-order valence-corrected chi connectivity index (χ1v) is 6.31. The van der Waals surface area contributed by atoms with Crippen LogP contribution in [0.3, 0.4) is 0 Å². The zero-order valence-electron chi connectivity index (χ0n) is 9.82. The Morgan fingerprint density at radius 2 is 2.13 bits per heavy atom. The van der Waals surface area contributed by atoms with Gasteiger partial charge in [0.2, 0.25) is 0 Å². The summed E-state index contributed by atoms with van der Waals surface area (Å²) < 4.78 is 5.27. The molecule has 0 bridgehead atoms. The van der Waals surface area contributed by atoms with Crippen LogP contribution in [0.5, 0.6) is 0 Å². The average Bonchev–Trinajstić information content (AvgIpc) is 2.73. The number of hydrogen-bond acceptors (Lipinski definition) is 3. The van der Waals surface area contributed by atoms with E-state index in [2.05, 4.69) is 4.90 Å². The Balaban J connectivity index is 1.99. The van der Waals surface area contributed by atoms with Crippen LogP contribution in [0.25, 0.3) is 0 Å². The largest absolute Gasteiger partial charge is 0.383 e. The third-order valence-corrected chi connectivity index (χ3v) is 4.14. The van der Waals surface area contributed by atoms with Crippen LogP contribution in [0.4, 0.5) is 0 Å². The molecule has 1 heterocycles. The summed E-state index contributed by atoms with van der Waals surface area (Å²) in [5.41, 5.74) is 5.85. The van der Waals surface area contributed by atoms with E-state index in [4.69, 9.17) is 10.5 Å². The molecule has 1 saturated carbocycles. The van der Waals surface area contributed by atoms with Crippen LogP contribution in [-0.4, -0.2) is 43.8 Å². The highest BCUT2D eigenvalue weighted by Gasteiger charge is 2.37. The Labute approximate surface area is 93.0 Å². The zero-order chi connectivity index (χ0) is 10.7. The van der Waals surface area contributed by atoms with Gasteiger partial charge in [-0.1, -0.05) is 6.42 Å². The maximum Gasteiger partial charge on any atom is 0.0630 e. The lowest BCUT2D eigenvalue weighted by Gasteiger charge is -2.42.